The first-order chi connectivity index (χ1) is 16.5. The van der Waals surface area contributed by atoms with Gasteiger partial charge in [0.05, 0.1) is 24.8 Å². The zero-order valence-electron chi connectivity index (χ0n) is 18.8. The molecule has 0 fully saturated rings. The van der Waals surface area contributed by atoms with Gasteiger partial charge in [-0.2, -0.15) is 0 Å². The van der Waals surface area contributed by atoms with Crippen molar-refractivity contribution in [1.82, 2.24) is 10.3 Å². The number of aliphatic hydroxyl groups is 1. The van der Waals surface area contributed by atoms with Crippen LogP contribution in [0.3, 0.4) is 0 Å². The number of H-pyrrole nitrogens is 1. The van der Waals surface area contributed by atoms with Crippen LogP contribution in [0.2, 0.25) is 0 Å². The van der Waals surface area contributed by atoms with Gasteiger partial charge < -0.3 is 20.1 Å². The summed E-state index contributed by atoms with van der Waals surface area (Å²) in [6.07, 6.45) is 3.04. The lowest BCUT2D eigenvalue weighted by molar-refractivity contribution is 0.0912. The number of amides is 1. The summed E-state index contributed by atoms with van der Waals surface area (Å²) in [6, 6.07) is 15.3. The Labute approximate surface area is 197 Å². The molecule has 0 aliphatic carbocycles. The highest BCUT2D eigenvalue weighted by atomic mass is 19.1. The van der Waals surface area contributed by atoms with Crippen molar-refractivity contribution in [3.63, 3.8) is 0 Å². The number of benzene rings is 3. The predicted octanol–water partition coefficient (Wildman–Crippen LogP) is 5.48. The highest BCUT2D eigenvalue weighted by molar-refractivity contribution is 5.98. The fraction of sp³-hybridized carbons (Fsp3) is 0.222. The minimum absolute atomic E-state index is 0. The van der Waals surface area contributed by atoms with Gasteiger partial charge in [-0.3, -0.25) is 4.79 Å². The lowest BCUT2D eigenvalue weighted by Crippen LogP contribution is -2.39. The number of hydrogen-bond acceptors (Lipinski definition) is 3. The SMILES string of the molecule is CCCOc1ccc(-c2cc(F)cc(F)c2)cc1C(=O)N[C@H](CO)Cc1c[nH]c2ccccc12.[HH]. The number of carbonyl (C=O) groups excluding carboxylic acids is 1. The van der Waals surface area contributed by atoms with E-state index in [-0.39, 0.29) is 13.6 Å². The van der Waals surface area contributed by atoms with Crippen LogP contribution < -0.4 is 10.1 Å². The lowest BCUT2D eigenvalue weighted by Gasteiger charge is -2.18. The van der Waals surface area contributed by atoms with Gasteiger partial charge in [-0.25, -0.2) is 8.78 Å². The third kappa shape index (κ3) is 5.26. The van der Waals surface area contributed by atoms with Gasteiger partial charge in [0.15, 0.2) is 0 Å². The highest BCUT2D eigenvalue weighted by Gasteiger charge is 2.20. The first-order valence-electron chi connectivity index (χ1n) is 11.2. The Morgan fingerprint density at radius 2 is 1.85 bits per heavy atom. The number of aliphatic hydroxyl groups excluding tert-OH is 1. The summed E-state index contributed by atoms with van der Waals surface area (Å²) < 4.78 is 33.3. The number of ether oxygens (including phenoxy) is 1. The largest absolute Gasteiger partial charge is 0.493 e. The van der Waals surface area contributed by atoms with Crippen LogP contribution in [0.5, 0.6) is 5.75 Å². The second kappa shape index (κ2) is 10.5. The molecule has 4 rings (SSSR count). The van der Waals surface area contributed by atoms with Gasteiger partial charge >= 0.3 is 0 Å². The molecule has 3 N–H and O–H groups in total. The molecule has 0 aliphatic rings. The second-order valence-electron chi connectivity index (χ2n) is 8.13. The molecular formula is C27H28F2N2O3. The first kappa shape index (κ1) is 23.4. The summed E-state index contributed by atoms with van der Waals surface area (Å²) in [5.74, 6) is -1.48. The molecule has 1 aromatic heterocycles. The summed E-state index contributed by atoms with van der Waals surface area (Å²) in [5, 5.41) is 13.9. The quantitative estimate of drug-likeness (QED) is 0.306. The summed E-state index contributed by atoms with van der Waals surface area (Å²) in [4.78, 5) is 16.4. The van der Waals surface area contributed by atoms with Crippen LogP contribution in [0.4, 0.5) is 8.78 Å². The number of hydrogen-bond donors (Lipinski definition) is 3. The lowest BCUT2D eigenvalue weighted by atomic mass is 10.0. The molecule has 0 radical (unpaired) electrons. The summed E-state index contributed by atoms with van der Waals surface area (Å²) in [6.45, 7) is 2.10. The zero-order valence-corrected chi connectivity index (χ0v) is 18.8. The Morgan fingerprint density at radius 3 is 2.59 bits per heavy atom. The van der Waals surface area contributed by atoms with E-state index in [1.54, 1.807) is 18.2 Å². The molecule has 0 bridgehead atoms. The molecule has 0 saturated heterocycles. The standard InChI is InChI=1S/C27H26F2N2O3.H2/c1-2-9-34-26-8-7-17(18-10-20(28)14-21(29)11-18)13-24(26)27(33)31-22(16-32)12-19-15-30-25-6-4-3-5-23(19)25;/h3-8,10-11,13-15,22,30,32H,2,9,12,16H2,1H3,(H,31,33);1H/t22-;/m0./s1. The molecule has 1 amide bonds. The Morgan fingerprint density at radius 1 is 1.09 bits per heavy atom. The van der Waals surface area contributed by atoms with E-state index < -0.39 is 23.6 Å². The molecule has 34 heavy (non-hydrogen) atoms. The third-order valence-corrected chi connectivity index (χ3v) is 5.58. The maximum atomic E-state index is 13.8. The Balaban J connectivity index is 0.00000342. The molecule has 7 heteroatoms. The molecule has 1 heterocycles. The third-order valence-electron chi connectivity index (χ3n) is 5.58. The fourth-order valence-corrected chi connectivity index (χ4v) is 3.94. The highest BCUT2D eigenvalue weighted by Crippen LogP contribution is 2.28. The molecule has 1 atom stereocenters. The van der Waals surface area contributed by atoms with Crippen LogP contribution in [-0.2, 0) is 6.42 Å². The number of carbonyl (C=O) groups is 1. The van der Waals surface area contributed by atoms with Crippen molar-refractivity contribution >= 4 is 16.8 Å². The van der Waals surface area contributed by atoms with E-state index >= 15 is 0 Å². The normalized spacial score (nSPS) is 12.0. The Bertz CT molecular complexity index is 1290. The average molecular weight is 467 g/mol. The van der Waals surface area contributed by atoms with Crippen LogP contribution in [-0.4, -0.2) is 35.3 Å². The monoisotopic (exact) mass is 466 g/mol. The molecule has 178 valence electrons. The first-order valence-corrected chi connectivity index (χ1v) is 11.2. The number of fused-ring (bicyclic) bond motifs is 1. The molecule has 5 nitrogen and oxygen atoms in total. The van der Waals surface area contributed by atoms with Crippen molar-refractivity contribution in [1.29, 1.82) is 0 Å². The maximum Gasteiger partial charge on any atom is 0.255 e. The molecule has 0 spiro atoms. The van der Waals surface area contributed by atoms with Crippen molar-refractivity contribution in [3.05, 3.63) is 89.6 Å². The second-order valence-corrected chi connectivity index (χ2v) is 8.13. The van der Waals surface area contributed by atoms with Gasteiger partial charge in [0.2, 0.25) is 0 Å². The molecule has 0 saturated carbocycles. The van der Waals surface area contributed by atoms with Crippen molar-refractivity contribution in [2.75, 3.05) is 13.2 Å². The van der Waals surface area contributed by atoms with Crippen LogP contribution in [0.15, 0.2) is 66.9 Å². The molecule has 0 unspecified atom stereocenters. The average Bonchev–Trinajstić information content (AvgIpc) is 3.24. The van der Waals surface area contributed by atoms with Crippen molar-refractivity contribution in [2.24, 2.45) is 0 Å². The van der Waals surface area contributed by atoms with E-state index in [9.17, 15) is 18.7 Å². The molecule has 4 aromatic rings. The Hall–Kier alpha value is -3.71. The van der Waals surface area contributed by atoms with E-state index in [4.69, 9.17) is 4.74 Å². The van der Waals surface area contributed by atoms with Crippen LogP contribution in [0, 0.1) is 11.6 Å². The van der Waals surface area contributed by atoms with Crippen LogP contribution in [0.25, 0.3) is 22.0 Å². The minimum atomic E-state index is -0.702. The number of para-hydroxylation sites is 1. The van der Waals surface area contributed by atoms with Crippen LogP contribution in [0.1, 0.15) is 30.7 Å². The smallest absolute Gasteiger partial charge is 0.255 e. The van der Waals surface area contributed by atoms with E-state index in [0.717, 1.165) is 29.0 Å². The van der Waals surface area contributed by atoms with Crippen LogP contribution >= 0.6 is 0 Å². The van der Waals surface area contributed by atoms with Crippen molar-refractivity contribution in [3.8, 4) is 16.9 Å². The van der Waals surface area contributed by atoms with Gasteiger partial charge in [0, 0.05) is 24.6 Å². The number of rotatable bonds is 9. The predicted molar refractivity (Wildman–Crippen MR) is 130 cm³/mol. The van der Waals surface area contributed by atoms with E-state index in [1.807, 2.05) is 37.4 Å². The number of aromatic amines is 1. The molecular weight excluding hydrogens is 438 g/mol. The Kier molecular flexibility index (Phi) is 7.23. The number of nitrogens with one attached hydrogen (secondary N) is 2. The number of halogens is 2. The topological polar surface area (TPSA) is 74.3 Å². The fourth-order valence-electron chi connectivity index (χ4n) is 3.94. The maximum absolute atomic E-state index is 13.8. The van der Waals surface area contributed by atoms with E-state index in [1.165, 1.54) is 12.1 Å². The van der Waals surface area contributed by atoms with Gasteiger partial charge in [-0.1, -0.05) is 31.2 Å². The van der Waals surface area contributed by atoms with Crippen molar-refractivity contribution in [2.45, 2.75) is 25.8 Å². The van der Waals surface area contributed by atoms with E-state index in [0.29, 0.717) is 29.9 Å². The van der Waals surface area contributed by atoms with Gasteiger partial charge in [0.25, 0.3) is 5.91 Å². The molecule has 0 aliphatic heterocycles. The summed E-state index contributed by atoms with van der Waals surface area (Å²) in [7, 11) is 0. The number of aromatic nitrogens is 1. The summed E-state index contributed by atoms with van der Waals surface area (Å²) in [5.41, 5.74) is 2.97. The summed E-state index contributed by atoms with van der Waals surface area (Å²) >= 11 is 0. The zero-order chi connectivity index (χ0) is 24.1. The van der Waals surface area contributed by atoms with Gasteiger partial charge in [0.1, 0.15) is 17.4 Å². The molecule has 3 aromatic carbocycles. The van der Waals surface area contributed by atoms with E-state index in [2.05, 4.69) is 10.3 Å². The van der Waals surface area contributed by atoms with Crippen molar-refractivity contribution < 1.29 is 24.8 Å². The van der Waals surface area contributed by atoms with Gasteiger partial charge in [-0.05, 0) is 59.9 Å². The van der Waals surface area contributed by atoms with Gasteiger partial charge in [-0.15, -0.1) is 0 Å². The minimum Gasteiger partial charge on any atom is -0.493 e.